The standard InChI is InChI=1S/C25H37NO3/c27-16-22-3-1-2-8-26(22)15-23(28)17-29-24-6-4-21(5-7-24)25-12-18-9-19(13-25)11-20(10-18)14-25/h4-7,18-20,22-23,27-28H,1-3,8-17H2. The van der Waals surface area contributed by atoms with E-state index in [0.29, 0.717) is 18.6 Å². The summed E-state index contributed by atoms with van der Waals surface area (Å²) < 4.78 is 5.91. The fourth-order valence-corrected chi connectivity index (χ4v) is 7.39. The third-order valence-corrected chi connectivity index (χ3v) is 8.35. The van der Waals surface area contributed by atoms with Crippen LogP contribution in [0.3, 0.4) is 0 Å². The average molecular weight is 400 g/mol. The van der Waals surface area contributed by atoms with Gasteiger partial charge in [-0.15, -0.1) is 0 Å². The Labute approximate surface area is 175 Å². The summed E-state index contributed by atoms with van der Waals surface area (Å²) in [4.78, 5) is 2.22. The highest BCUT2D eigenvalue weighted by atomic mass is 16.5. The van der Waals surface area contributed by atoms with Gasteiger partial charge >= 0.3 is 0 Å². The summed E-state index contributed by atoms with van der Waals surface area (Å²) >= 11 is 0. The van der Waals surface area contributed by atoms with Crippen LogP contribution >= 0.6 is 0 Å². The molecule has 1 saturated heterocycles. The summed E-state index contributed by atoms with van der Waals surface area (Å²) in [6.45, 7) is 2.03. The van der Waals surface area contributed by atoms with Gasteiger partial charge in [0.1, 0.15) is 18.5 Å². The molecule has 4 bridgehead atoms. The van der Waals surface area contributed by atoms with Gasteiger partial charge in [0.25, 0.3) is 0 Å². The van der Waals surface area contributed by atoms with Crippen molar-refractivity contribution in [3.8, 4) is 5.75 Å². The fourth-order valence-electron chi connectivity index (χ4n) is 7.39. The molecule has 2 unspecified atom stereocenters. The van der Waals surface area contributed by atoms with Crippen molar-refractivity contribution in [2.24, 2.45) is 17.8 Å². The van der Waals surface area contributed by atoms with E-state index in [1.165, 1.54) is 50.5 Å². The second-order valence-corrected chi connectivity index (χ2v) is 10.5. The van der Waals surface area contributed by atoms with Gasteiger partial charge in [0.05, 0.1) is 6.61 Å². The third-order valence-electron chi connectivity index (χ3n) is 8.35. The van der Waals surface area contributed by atoms with E-state index in [9.17, 15) is 10.2 Å². The monoisotopic (exact) mass is 399 g/mol. The van der Waals surface area contributed by atoms with Gasteiger partial charge < -0.3 is 14.9 Å². The Morgan fingerprint density at radius 1 is 1.00 bits per heavy atom. The van der Waals surface area contributed by atoms with E-state index in [1.54, 1.807) is 0 Å². The molecule has 0 amide bonds. The first-order valence-corrected chi connectivity index (χ1v) is 11.9. The van der Waals surface area contributed by atoms with Crippen LogP contribution in [0.1, 0.15) is 63.4 Å². The second kappa shape index (κ2) is 8.20. The summed E-state index contributed by atoms with van der Waals surface area (Å²) in [6, 6.07) is 9.00. The summed E-state index contributed by atoms with van der Waals surface area (Å²) in [5, 5.41) is 20.0. The molecule has 0 spiro atoms. The highest BCUT2D eigenvalue weighted by molar-refractivity contribution is 5.34. The smallest absolute Gasteiger partial charge is 0.119 e. The first kappa shape index (κ1) is 19.8. The van der Waals surface area contributed by atoms with Crippen LogP contribution in [0, 0.1) is 17.8 Å². The first-order valence-electron chi connectivity index (χ1n) is 11.9. The lowest BCUT2D eigenvalue weighted by molar-refractivity contribution is -0.00524. The molecule has 6 rings (SSSR count). The van der Waals surface area contributed by atoms with E-state index in [2.05, 4.69) is 29.2 Å². The molecule has 2 N–H and O–H groups in total. The molecule has 0 radical (unpaired) electrons. The number of hydrogen-bond acceptors (Lipinski definition) is 4. The number of aliphatic hydroxyl groups excluding tert-OH is 2. The van der Waals surface area contributed by atoms with Crippen molar-refractivity contribution in [2.75, 3.05) is 26.3 Å². The highest BCUT2D eigenvalue weighted by Gasteiger charge is 2.51. The normalized spacial score (nSPS) is 37.6. The lowest BCUT2D eigenvalue weighted by Crippen LogP contribution is -2.48. The van der Waals surface area contributed by atoms with Crippen LogP contribution in [0.25, 0.3) is 0 Å². The Morgan fingerprint density at radius 3 is 2.28 bits per heavy atom. The number of likely N-dealkylation sites (tertiary alicyclic amines) is 1. The zero-order chi connectivity index (χ0) is 19.8. The Morgan fingerprint density at radius 2 is 1.66 bits per heavy atom. The molecular weight excluding hydrogens is 362 g/mol. The van der Waals surface area contributed by atoms with Crippen LogP contribution in [0.5, 0.6) is 5.75 Å². The Hall–Kier alpha value is -1.10. The lowest BCUT2D eigenvalue weighted by Gasteiger charge is -2.57. The largest absolute Gasteiger partial charge is 0.491 e. The topological polar surface area (TPSA) is 52.9 Å². The minimum absolute atomic E-state index is 0.180. The maximum atomic E-state index is 10.4. The van der Waals surface area contributed by atoms with E-state index in [4.69, 9.17) is 4.74 Å². The molecule has 5 aliphatic rings. The van der Waals surface area contributed by atoms with Crippen molar-refractivity contribution in [1.82, 2.24) is 4.90 Å². The second-order valence-electron chi connectivity index (χ2n) is 10.5. The van der Waals surface area contributed by atoms with Crippen molar-refractivity contribution in [3.05, 3.63) is 29.8 Å². The molecule has 1 heterocycles. The summed E-state index contributed by atoms with van der Waals surface area (Å²) in [5.74, 6) is 3.74. The van der Waals surface area contributed by atoms with E-state index in [0.717, 1.165) is 42.9 Å². The number of β-amino-alcohol motifs (C(OH)–C–C–N with tert-alkyl or cyclic N) is 1. The summed E-state index contributed by atoms with van der Waals surface area (Å²) in [6.07, 6.45) is 11.4. The average Bonchev–Trinajstić information content (AvgIpc) is 2.72. The fraction of sp³-hybridized carbons (Fsp3) is 0.760. The Bertz CT molecular complexity index is 653. The molecule has 4 heteroatoms. The summed E-state index contributed by atoms with van der Waals surface area (Å²) in [7, 11) is 0. The molecule has 0 aromatic heterocycles. The van der Waals surface area contributed by atoms with Gasteiger partial charge in [-0.05, 0) is 98.8 Å². The Balaban J connectivity index is 1.16. The van der Waals surface area contributed by atoms with Gasteiger partial charge in [-0.2, -0.15) is 0 Å². The molecule has 160 valence electrons. The van der Waals surface area contributed by atoms with E-state index < -0.39 is 6.10 Å². The quantitative estimate of drug-likeness (QED) is 0.733. The molecule has 29 heavy (non-hydrogen) atoms. The van der Waals surface area contributed by atoms with E-state index >= 15 is 0 Å². The number of aliphatic hydroxyl groups is 2. The van der Waals surface area contributed by atoms with E-state index in [1.807, 2.05) is 0 Å². The number of hydrogen-bond donors (Lipinski definition) is 2. The van der Waals surface area contributed by atoms with Crippen LogP contribution in [-0.4, -0.2) is 53.6 Å². The van der Waals surface area contributed by atoms with Gasteiger partial charge in [-0.25, -0.2) is 0 Å². The van der Waals surface area contributed by atoms with Crippen LogP contribution in [0.15, 0.2) is 24.3 Å². The molecular formula is C25H37NO3. The lowest BCUT2D eigenvalue weighted by atomic mass is 9.48. The van der Waals surface area contributed by atoms with Gasteiger partial charge in [-0.3, -0.25) is 4.90 Å². The van der Waals surface area contributed by atoms with Crippen molar-refractivity contribution < 1.29 is 14.9 Å². The number of rotatable bonds is 7. The molecule has 4 aliphatic carbocycles. The first-order chi connectivity index (χ1) is 14.1. The molecule has 2 atom stereocenters. The Kier molecular flexibility index (Phi) is 5.61. The van der Waals surface area contributed by atoms with Gasteiger partial charge in [0, 0.05) is 12.6 Å². The van der Waals surface area contributed by atoms with Gasteiger partial charge in [0.2, 0.25) is 0 Å². The van der Waals surface area contributed by atoms with Crippen molar-refractivity contribution in [1.29, 1.82) is 0 Å². The number of ether oxygens (including phenoxy) is 1. The zero-order valence-electron chi connectivity index (χ0n) is 17.6. The van der Waals surface area contributed by atoms with Crippen LogP contribution < -0.4 is 4.74 Å². The molecule has 1 aromatic rings. The van der Waals surface area contributed by atoms with Crippen LogP contribution in [0.2, 0.25) is 0 Å². The van der Waals surface area contributed by atoms with Crippen molar-refractivity contribution in [3.63, 3.8) is 0 Å². The van der Waals surface area contributed by atoms with Crippen molar-refractivity contribution >= 4 is 0 Å². The van der Waals surface area contributed by atoms with Gasteiger partial charge in [0.15, 0.2) is 0 Å². The van der Waals surface area contributed by atoms with E-state index in [-0.39, 0.29) is 12.6 Å². The minimum Gasteiger partial charge on any atom is -0.491 e. The minimum atomic E-state index is -0.523. The maximum absolute atomic E-state index is 10.4. The molecule has 5 fully saturated rings. The van der Waals surface area contributed by atoms with Crippen LogP contribution in [-0.2, 0) is 5.41 Å². The highest BCUT2D eigenvalue weighted by Crippen LogP contribution is 2.60. The predicted octanol–water partition coefficient (Wildman–Crippen LogP) is 3.74. The van der Waals surface area contributed by atoms with Crippen LogP contribution in [0.4, 0.5) is 0 Å². The molecule has 1 aliphatic heterocycles. The van der Waals surface area contributed by atoms with Crippen molar-refractivity contribution in [2.45, 2.75) is 75.3 Å². The number of benzene rings is 1. The summed E-state index contributed by atoms with van der Waals surface area (Å²) in [5.41, 5.74) is 1.95. The number of nitrogens with zero attached hydrogens (tertiary/aromatic N) is 1. The molecule has 4 saturated carbocycles. The molecule has 4 nitrogen and oxygen atoms in total. The molecule has 1 aromatic carbocycles. The third kappa shape index (κ3) is 4.08. The predicted molar refractivity (Wildman–Crippen MR) is 114 cm³/mol. The zero-order valence-corrected chi connectivity index (χ0v) is 17.6. The maximum Gasteiger partial charge on any atom is 0.119 e. The number of piperidine rings is 1. The van der Waals surface area contributed by atoms with Gasteiger partial charge in [-0.1, -0.05) is 18.6 Å². The SMILES string of the molecule is OCC1CCCCN1CC(O)COc1ccc(C23CC4CC(CC(C4)C2)C3)cc1.